The summed E-state index contributed by atoms with van der Waals surface area (Å²) < 4.78 is 68.5. The SMILES string of the molecule is CCCCCCCCCCCCCCCC(=O)OC[C@H](COP(=O)(O)OC[C@@H](O)COP(=O)(O)OC[C@@H](COC(=O)CCCCCCCCC(C)CC)OC(=O)CCCCCCCCCCCCCCC)OC(=O)CCCCCCCCCCCCCCCCC(C)C. The molecule has 93 heavy (non-hydrogen) atoms. The zero-order valence-corrected chi connectivity index (χ0v) is 62.3. The first-order valence-electron chi connectivity index (χ1n) is 38.5. The summed E-state index contributed by atoms with van der Waals surface area (Å²) in [5.74, 6) is -0.591. The minimum Gasteiger partial charge on any atom is -0.462 e. The lowest BCUT2D eigenvalue weighted by atomic mass is 10.00. The van der Waals surface area contributed by atoms with Gasteiger partial charge in [-0.05, 0) is 37.5 Å². The molecule has 0 amide bonds. The van der Waals surface area contributed by atoms with Crippen LogP contribution >= 0.6 is 15.6 Å². The van der Waals surface area contributed by atoms with E-state index < -0.39 is 97.5 Å². The minimum atomic E-state index is -4.96. The third-order valence-electron chi connectivity index (χ3n) is 17.6. The first-order chi connectivity index (χ1) is 44.9. The molecule has 0 bridgehead atoms. The van der Waals surface area contributed by atoms with Gasteiger partial charge in [-0.15, -0.1) is 0 Å². The Bertz CT molecular complexity index is 1810. The van der Waals surface area contributed by atoms with Crippen molar-refractivity contribution in [1.29, 1.82) is 0 Å². The summed E-state index contributed by atoms with van der Waals surface area (Å²) in [6.07, 6.45) is 52.6. The first kappa shape index (κ1) is 91.1. The molecule has 0 heterocycles. The van der Waals surface area contributed by atoms with Gasteiger partial charge in [0, 0.05) is 25.7 Å². The lowest BCUT2D eigenvalue weighted by Crippen LogP contribution is -2.30. The van der Waals surface area contributed by atoms with Crippen molar-refractivity contribution in [3.63, 3.8) is 0 Å². The Labute approximate surface area is 568 Å². The highest BCUT2D eigenvalue weighted by Gasteiger charge is 2.30. The molecule has 0 aliphatic carbocycles. The van der Waals surface area contributed by atoms with Gasteiger partial charge in [-0.2, -0.15) is 0 Å². The molecule has 0 spiro atoms. The summed E-state index contributed by atoms with van der Waals surface area (Å²) >= 11 is 0. The monoisotopic (exact) mass is 1370 g/mol. The van der Waals surface area contributed by atoms with Crippen LogP contribution in [0.1, 0.15) is 382 Å². The fourth-order valence-corrected chi connectivity index (χ4v) is 12.8. The lowest BCUT2D eigenvalue weighted by Gasteiger charge is -2.21. The van der Waals surface area contributed by atoms with Crippen LogP contribution < -0.4 is 0 Å². The van der Waals surface area contributed by atoms with Gasteiger partial charge in [0.05, 0.1) is 26.4 Å². The third-order valence-corrected chi connectivity index (χ3v) is 19.5. The van der Waals surface area contributed by atoms with Gasteiger partial charge < -0.3 is 33.8 Å². The van der Waals surface area contributed by atoms with E-state index in [1.54, 1.807) is 0 Å². The fourth-order valence-electron chi connectivity index (χ4n) is 11.3. The van der Waals surface area contributed by atoms with Crippen LogP contribution in [-0.2, 0) is 65.4 Å². The molecule has 0 saturated carbocycles. The van der Waals surface area contributed by atoms with Crippen molar-refractivity contribution in [3.05, 3.63) is 0 Å². The van der Waals surface area contributed by atoms with Crippen molar-refractivity contribution in [2.75, 3.05) is 39.6 Å². The second kappa shape index (κ2) is 66.0. The van der Waals surface area contributed by atoms with Crippen molar-refractivity contribution in [2.24, 2.45) is 11.8 Å². The quantitative estimate of drug-likeness (QED) is 0.0222. The molecular formula is C74H144O17P2. The Balaban J connectivity index is 5.25. The van der Waals surface area contributed by atoms with Crippen LogP contribution in [0.4, 0.5) is 0 Å². The molecule has 0 aromatic heterocycles. The average molecular weight is 1370 g/mol. The van der Waals surface area contributed by atoms with Gasteiger partial charge in [-0.25, -0.2) is 9.13 Å². The summed E-state index contributed by atoms with van der Waals surface area (Å²) in [4.78, 5) is 72.7. The number of hydrogen-bond acceptors (Lipinski definition) is 15. The minimum absolute atomic E-state index is 0.107. The predicted octanol–water partition coefficient (Wildman–Crippen LogP) is 21.6. The van der Waals surface area contributed by atoms with Crippen LogP contribution in [0.3, 0.4) is 0 Å². The maximum Gasteiger partial charge on any atom is 0.472 e. The number of ether oxygens (including phenoxy) is 4. The van der Waals surface area contributed by atoms with Crippen molar-refractivity contribution >= 4 is 39.5 Å². The zero-order valence-electron chi connectivity index (χ0n) is 60.6. The number of carbonyl (C=O) groups is 4. The largest absolute Gasteiger partial charge is 0.472 e. The summed E-state index contributed by atoms with van der Waals surface area (Å²) in [6.45, 7) is 9.57. The molecule has 552 valence electrons. The van der Waals surface area contributed by atoms with Crippen LogP contribution in [-0.4, -0.2) is 96.7 Å². The first-order valence-corrected chi connectivity index (χ1v) is 41.5. The Kier molecular flexibility index (Phi) is 64.6. The van der Waals surface area contributed by atoms with E-state index in [9.17, 15) is 43.2 Å². The van der Waals surface area contributed by atoms with Gasteiger partial charge in [0.25, 0.3) is 0 Å². The van der Waals surface area contributed by atoms with E-state index in [4.69, 9.17) is 37.0 Å². The zero-order chi connectivity index (χ0) is 68.6. The summed E-state index contributed by atoms with van der Waals surface area (Å²) in [5.41, 5.74) is 0. The Morgan fingerprint density at radius 2 is 0.548 bits per heavy atom. The molecule has 3 N–H and O–H groups in total. The highest BCUT2D eigenvalue weighted by atomic mass is 31.2. The van der Waals surface area contributed by atoms with E-state index in [0.29, 0.717) is 25.7 Å². The van der Waals surface area contributed by atoms with Gasteiger partial charge >= 0.3 is 39.5 Å². The van der Waals surface area contributed by atoms with Crippen molar-refractivity contribution < 1.29 is 80.2 Å². The Hall–Kier alpha value is -1.94. The molecule has 17 nitrogen and oxygen atoms in total. The Morgan fingerprint density at radius 3 is 0.817 bits per heavy atom. The summed E-state index contributed by atoms with van der Waals surface area (Å²) in [6, 6.07) is 0. The third kappa shape index (κ3) is 67.0. The highest BCUT2D eigenvalue weighted by molar-refractivity contribution is 7.47. The van der Waals surface area contributed by atoms with Gasteiger partial charge in [-0.3, -0.25) is 37.3 Å². The number of rotatable bonds is 73. The number of unbranched alkanes of at least 4 members (excludes halogenated alkanes) is 42. The van der Waals surface area contributed by atoms with Crippen LogP contribution in [0, 0.1) is 11.8 Å². The molecule has 3 unspecified atom stereocenters. The van der Waals surface area contributed by atoms with E-state index >= 15 is 0 Å². The molecule has 0 aliphatic rings. The molecule has 0 aliphatic heterocycles. The molecule has 0 saturated heterocycles. The Morgan fingerprint density at radius 1 is 0.312 bits per heavy atom. The van der Waals surface area contributed by atoms with Crippen molar-refractivity contribution in [1.82, 2.24) is 0 Å². The molecule has 0 fully saturated rings. The number of phosphoric acid groups is 2. The molecular weight excluding hydrogens is 1220 g/mol. The highest BCUT2D eigenvalue weighted by Crippen LogP contribution is 2.45. The van der Waals surface area contributed by atoms with E-state index in [0.717, 1.165) is 108 Å². The van der Waals surface area contributed by atoms with Gasteiger partial charge in [0.1, 0.15) is 19.3 Å². The molecule has 0 radical (unpaired) electrons. The molecule has 6 atom stereocenters. The summed E-state index contributed by atoms with van der Waals surface area (Å²) in [5, 5.41) is 10.6. The van der Waals surface area contributed by atoms with E-state index in [2.05, 4.69) is 41.5 Å². The van der Waals surface area contributed by atoms with Crippen LogP contribution in [0.15, 0.2) is 0 Å². The molecule has 0 aromatic rings. The van der Waals surface area contributed by atoms with E-state index in [1.807, 2.05) is 0 Å². The average Bonchev–Trinajstić information content (AvgIpc) is 1.90. The predicted molar refractivity (Wildman–Crippen MR) is 377 cm³/mol. The molecule has 0 aromatic carbocycles. The van der Waals surface area contributed by atoms with E-state index in [1.165, 1.54) is 193 Å². The number of aliphatic hydroxyl groups is 1. The summed E-state index contributed by atoms with van der Waals surface area (Å²) in [7, 11) is -9.91. The van der Waals surface area contributed by atoms with E-state index in [-0.39, 0.29) is 25.7 Å². The lowest BCUT2D eigenvalue weighted by molar-refractivity contribution is -0.161. The second-order valence-corrected chi connectivity index (χ2v) is 30.3. The van der Waals surface area contributed by atoms with Gasteiger partial charge in [-0.1, -0.05) is 330 Å². The van der Waals surface area contributed by atoms with Crippen LogP contribution in [0.2, 0.25) is 0 Å². The number of phosphoric ester groups is 2. The normalized spacial score (nSPS) is 14.3. The number of esters is 4. The van der Waals surface area contributed by atoms with Crippen molar-refractivity contribution in [2.45, 2.75) is 400 Å². The van der Waals surface area contributed by atoms with Crippen LogP contribution in [0.5, 0.6) is 0 Å². The molecule has 19 heteroatoms. The van der Waals surface area contributed by atoms with Crippen molar-refractivity contribution in [3.8, 4) is 0 Å². The standard InChI is InChI=1S/C74H144O17P2/c1-7-10-12-14-16-18-20-24-29-33-37-44-50-56-71(76)84-62-69(90-73(78)59-53-47-39-35-31-27-23-22-26-28-32-36-42-48-54-66(4)5)64-88-92(80,81)86-60-68(75)61-87-93(82,83)89-65-70(63-85-72(77)57-51-45-41-40-43-49-55-67(6)9-3)91-74(79)58-52-46-38-34-30-25-21-19-17-15-13-11-8-2/h66-70,75H,7-65H2,1-6H3,(H,80,81)(H,82,83)/t67?,68-,69-,70-/m1/s1. The maximum atomic E-state index is 13.1. The van der Waals surface area contributed by atoms with Crippen LogP contribution in [0.25, 0.3) is 0 Å². The maximum absolute atomic E-state index is 13.1. The number of aliphatic hydroxyl groups excluding tert-OH is 1. The van der Waals surface area contributed by atoms with Gasteiger partial charge in [0.2, 0.25) is 0 Å². The fraction of sp³-hybridized carbons (Fsp3) is 0.946. The van der Waals surface area contributed by atoms with Gasteiger partial charge in [0.15, 0.2) is 12.2 Å². The topological polar surface area (TPSA) is 237 Å². The number of carbonyl (C=O) groups excluding carboxylic acids is 4. The second-order valence-electron chi connectivity index (χ2n) is 27.4. The molecule has 0 rings (SSSR count). The smallest absolute Gasteiger partial charge is 0.462 e. The number of hydrogen-bond donors (Lipinski definition) is 3.